The number of carbonyl (C=O) groups is 1. The molecule has 0 bridgehead atoms. The standard InChI is InChI=1S/C15H21NO3S/c1-12-5-3-4-10-16(12)15(17)14-8-6-13(7-9-14)11-20(2,18)19/h6-9,12H,3-5,10-11H2,1-2H3/t12-/m1/s1. The van der Waals surface area contributed by atoms with Gasteiger partial charge >= 0.3 is 0 Å². The smallest absolute Gasteiger partial charge is 0.254 e. The molecule has 0 N–H and O–H groups in total. The molecule has 20 heavy (non-hydrogen) atoms. The Balaban J connectivity index is 2.11. The summed E-state index contributed by atoms with van der Waals surface area (Å²) in [6.07, 6.45) is 4.50. The largest absolute Gasteiger partial charge is 0.336 e. The normalized spacial score (nSPS) is 19.9. The third kappa shape index (κ3) is 3.82. The van der Waals surface area contributed by atoms with Crippen molar-refractivity contribution < 1.29 is 13.2 Å². The summed E-state index contributed by atoms with van der Waals surface area (Å²) < 4.78 is 22.5. The first kappa shape index (κ1) is 15.0. The molecular weight excluding hydrogens is 274 g/mol. The van der Waals surface area contributed by atoms with Crippen LogP contribution in [0.1, 0.15) is 42.1 Å². The molecule has 0 radical (unpaired) electrons. The molecule has 4 nitrogen and oxygen atoms in total. The zero-order valence-electron chi connectivity index (χ0n) is 12.0. The molecule has 1 aliphatic heterocycles. The monoisotopic (exact) mass is 295 g/mol. The van der Waals surface area contributed by atoms with Crippen LogP contribution in [0.15, 0.2) is 24.3 Å². The molecule has 1 aromatic rings. The van der Waals surface area contributed by atoms with E-state index < -0.39 is 9.84 Å². The summed E-state index contributed by atoms with van der Waals surface area (Å²) >= 11 is 0. The second-order valence-electron chi connectivity index (χ2n) is 5.61. The van der Waals surface area contributed by atoms with Gasteiger partial charge in [0.05, 0.1) is 5.75 Å². The lowest BCUT2D eigenvalue weighted by Crippen LogP contribution is -2.42. The van der Waals surface area contributed by atoms with Gasteiger partial charge in [0.25, 0.3) is 5.91 Å². The summed E-state index contributed by atoms with van der Waals surface area (Å²) in [6.45, 7) is 2.89. The van der Waals surface area contributed by atoms with Crippen molar-refractivity contribution >= 4 is 15.7 Å². The first-order valence-electron chi connectivity index (χ1n) is 6.94. The van der Waals surface area contributed by atoms with Crippen molar-refractivity contribution in [3.63, 3.8) is 0 Å². The summed E-state index contributed by atoms with van der Waals surface area (Å²) in [5.74, 6) is 0.0600. The van der Waals surface area contributed by atoms with Crippen molar-refractivity contribution in [2.75, 3.05) is 12.8 Å². The van der Waals surface area contributed by atoms with Gasteiger partial charge in [0, 0.05) is 24.4 Å². The summed E-state index contributed by atoms with van der Waals surface area (Å²) in [4.78, 5) is 14.3. The first-order valence-corrected chi connectivity index (χ1v) is 9.00. The fourth-order valence-corrected chi connectivity index (χ4v) is 3.41. The van der Waals surface area contributed by atoms with Crippen LogP contribution in [0.25, 0.3) is 0 Å². The Bertz CT molecular complexity index is 578. The number of benzene rings is 1. The van der Waals surface area contributed by atoms with E-state index in [0.29, 0.717) is 5.56 Å². The predicted molar refractivity (Wildman–Crippen MR) is 79.3 cm³/mol. The highest BCUT2D eigenvalue weighted by Crippen LogP contribution is 2.19. The number of rotatable bonds is 3. The van der Waals surface area contributed by atoms with Gasteiger partial charge in [-0.15, -0.1) is 0 Å². The maximum Gasteiger partial charge on any atom is 0.254 e. The quantitative estimate of drug-likeness (QED) is 0.859. The van der Waals surface area contributed by atoms with E-state index in [1.54, 1.807) is 24.3 Å². The molecule has 110 valence electrons. The molecule has 0 aromatic heterocycles. The Morgan fingerprint density at radius 2 is 1.90 bits per heavy atom. The SMILES string of the molecule is C[C@@H]1CCCCN1C(=O)c1ccc(CS(C)(=O)=O)cc1. The molecule has 0 spiro atoms. The Hall–Kier alpha value is -1.36. The maximum atomic E-state index is 12.4. The zero-order chi connectivity index (χ0) is 14.8. The second kappa shape index (κ2) is 5.95. The van der Waals surface area contributed by atoms with Crippen LogP contribution < -0.4 is 0 Å². The lowest BCUT2D eigenvalue weighted by Gasteiger charge is -2.33. The van der Waals surface area contributed by atoms with Crippen molar-refractivity contribution in [3.8, 4) is 0 Å². The highest BCUT2D eigenvalue weighted by atomic mass is 32.2. The van der Waals surface area contributed by atoms with Crippen LogP contribution in [0.5, 0.6) is 0 Å². The van der Waals surface area contributed by atoms with E-state index in [2.05, 4.69) is 6.92 Å². The number of carbonyl (C=O) groups excluding carboxylic acids is 1. The molecule has 0 aliphatic carbocycles. The minimum absolute atomic E-state index is 0.0155. The van der Waals surface area contributed by atoms with Gasteiger partial charge in [-0.25, -0.2) is 8.42 Å². The fraction of sp³-hybridized carbons (Fsp3) is 0.533. The van der Waals surface area contributed by atoms with Crippen molar-refractivity contribution in [2.45, 2.75) is 38.0 Å². The highest BCUT2D eigenvalue weighted by molar-refractivity contribution is 7.89. The van der Waals surface area contributed by atoms with E-state index in [1.807, 2.05) is 4.90 Å². The number of sulfone groups is 1. The average molecular weight is 295 g/mol. The van der Waals surface area contributed by atoms with Gasteiger partial charge in [-0.2, -0.15) is 0 Å². The molecular formula is C15H21NO3S. The first-order chi connectivity index (χ1) is 9.37. The van der Waals surface area contributed by atoms with E-state index >= 15 is 0 Å². The van der Waals surface area contributed by atoms with Gasteiger partial charge in [0.2, 0.25) is 0 Å². The van der Waals surface area contributed by atoms with Crippen LogP contribution >= 0.6 is 0 Å². The fourth-order valence-electron chi connectivity index (χ4n) is 2.61. The maximum absolute atomic E-state index is 12.4. The van der Waals surface area contributed by atoms with Crippen LogP contribution in [-0.4, -0.2) is 38.1 Å². The van der Waals surface area contributed by atoms with Crippen LogP contribution in [-0.2, 0) is 15.6 Å². The molecule has 2 rings (SSSR count). The minimum Gasteiger partial charge on any atom is -0.336 e. The van der Waals surface area contributed by atoms with Gasteiger partial charge in [-0.1, -0.05) is 12.1 Å². The zero-order valence-corrected chi connectivity index (χ0v) is 12.8. The molecule has 1 amide bonds. The molecule has 1 aromatic carbocycles. The highest BCUT2D eigenvalue weighted by Gasteiger charge is 2.24. The number of hydrogen-bond acceptors (Lipinski definition) is 3. The number of hydrogen-bond donors (Lipinski definition) is 0. The Kier molecular flexibility index (Phi) is 4.48. The Labute approximate surface area is 120 Å². The lowest BCUT2D eigenvalue weighted by atomic mass is 10.0. The van der Waals surface area contributed by atoms with E-state index in [0.717, 1.165) is 24.9 Å². The molecule has 1 heterocycles. The second-order valence-corrected chi connectivity index (χ2v) is 7.75. The van der Waals surface area contributed by atoms with E-state index in [9.17, 15) is 13.2 Å². The van der Waals surface area contributed by atoms with Gasteiger partial charge in [0.15, 0.2) is 9.84 Å². The predicted octanol–water partition coefficient (Wildman–Crippen LogP) is 2.25. The Morgan fingerprint density at radius 1 is 1.25 bits per heavy atom. The van der Waals surface area contributed by atoms with Crippen molar-refractivity contribution in [1.82, 2.24) is 4.90 Å². The number of nitrogens with zero attached hydrogens (tertiary/aromatic N) is 1. The summed E-state index contributed by atoms with van der Waals surface area (Å²) in [6, 6.07) is 7.19. The lowest BCUT2D eigenvalue weighted by molar-refractivity contribution is 0.0635. The molecule has 1 fully saturated rings. The number of piperidine rings is 1. The van der Waals surface area contributed by atoms with Gasteiger partial charge in [0.1, 0.15) is 0 Å². The van der Waals surface area contributed by atoms with Crippen molar-refractivity contribution in [2.24, 2.45) is 0 Å². The van der Waals surface area contributed by atoms with Gasteiger partial charge < -0.3 is 4.90 Å². The van der Waals surface area contributed by atoms with Crippen LogP contribution in [0.2, 0.25) is 0 Å². The Morgan fingerprint density at radius 3 is 2.45 bits per heavy atom. The molecule has 1 aliphatic rings. The third-order valence-electron chi connectivity index (χ3n) is 3.69. The topological polar surface area (TPSA) is 54.5 Å². The third-order valence-corrected chi connectivity index (χ3v) is 4.55. The van der Waals surface area contributed by atoms with Crippen LogP contribution in [0.4, 0.5) is 0 Å². The van der Waals surface area contributed by atoms with Crippen molar-refractivity contribution in [3.05, 3.63) is 35.4 Å². The number of likely N-dealkylation sites (tertiary alicyclic amines) is 1. The molecule has 1 atom stereocenters. The molecule has 1 saturated heterocycles. The van der Waals surface area contributed by atoms with E-state index in [-0.39, 0.29) is 17.7 Å². The van der Waals surface area contributed by atoms with Crippen LogP contribution in [0, 0.1) is 0 Å². The molecule has 0 unspecified atom stereocenters. The van der Waals surface area contributed by atoms with Crippen LogP contribution in [0.3, 0.4) is 0 Å². The molecule has 5 heteroatoms. The molecule has 0 saturated carbocycles. The van der Waals surface area contributed by atoms with Crippen molar-refractivity contribution in [1.29, 1.82) is 0 Å². The van der Waals surface area contributed by atoms with Gasteiger partial charge in [-0.05, 0) is 43.9 Å². The van der Waals surface area contributed by atoms with Gasteiger partial charge in [-0.3, -0.25) is 4.79 Å². The summed E-state index contributed by atoms with van der Waals surface area (Å²) in [5, 5.41) is 0. The minimum atomic E-state index is -3.03. The summed E-state index contributed by atoms with van der Waals surface area (Å²) in [5.41, 5.74) is 1.35. The summed E-state index contributed by atoms with van der Waals surface area (Å²) in [7, 11) is -3.03. The number of amides is 1. The average Bonchev–Trinajstić information content (AvgIpc) is 2.37. The van der Waals surface area contributed by atoms with E-state index in [1.165, 1.54) is 12.7 Å². The van der Waals surface area contributed by atoms with E-state index in [4.69, 9.17) is 0 Å².